The molecule has 100 valence electrons. The van der Waals surface area contributed by atoms with Crippen LogP contribution in [0.3, 0.4) is 0 Å². The van der Waals surface area contributed by atoms with Crippen LogP contribution in [-0.2, 0) is 19.6 Å². The Morgan fingerprint density at radius 3 is 2.35 bits per heavy atom. The van der Waals surface area contributed by atoms with Gasteiger partial charge in [-0.3, -0.25) is 4.79 Å². The minimum absolute atomic E-state index is 0.335. The molecule has 0 aliphatic carbocycles. The third-order valence-corrected chi connectivity index (χ3v) is 4.58. The van der Waals surface area contributed by atoms with Crippen LogP contribution in [-0.4, -0.2) is 55.2 Å². The molecule has 0 unspecified atom stereocenters. The summed E-state index contributed by atoms with van der Waals surface area (Å²) >= 11 is 0. The minimum Gasteiger partial charge on any atom is -0.480 e. The molecular weight excluding hydrogens is 250 g/mol. The van der Waals surface area contributed by atoms with Crippen LogP contribution in [0.1, 0.15) is 19.8 Å². The number of aliphatic hydroxyl groups excluding tert-OH is 1. The van der Waals surface area contributed by atoms with Gasteiger partial charge in [0.25, 0.3) is 0 Å². The lowest BCUT2D eigenvalue weighted by Gasteiger charge is -2.25. The van der Waals surface area contributed by atoms with Crippen LogP contribution in [0.4, 0.5) is 0 Å². The van der Waals surface area contributed by atoms with Crippen LogP contribution in [0, 0.1) is 0 Å². The Morgan fingerprint density at radius 1 is 1.41 bits per heavy atom. The number of carbonyl (C=O) groups is 1. The molecule has 3 N–H and O–H groups in total. The molecule has 7 nitrogen and oxygen atoms in total. The zero-order valence-corrected chi connectivity index (χ0v) is 10.3. The molecule has 1 aliphatic heterocycles. The number of carboxylic acid groups (broad SMARTS) is 1. The SMILES string of the molecule is C[C@@H](O)[C@H](NS(=O)(=O)C1CCOCC1)C(=O)O. The van der Waals surface area contributed by atoms with Crippen molar-refractivity contribution in [3.05, 3.63) is 0 Å². The number of nitrogens with one attached hydrogen (secondary N) is 1. The zero-order valence-electron chi connectivity index (χ0n) is 9.50. The van der Waals surface area contributed by atoms with Crippen molar-refractivity contribution in [3.63, 3.8) is 0 Å². The van der Waals surface area contributed by atoms with Crippen LogP contribution < -0.4 is 4.72 Å². The quantitative estimate of drug-likeness (QED) is 0.584. The van der Waals surface area contributed by atoms with Crippen molar-refractivity contribution in [2.45, 2.75) is 37.2 Å². The van der Waals surface area contributed by atoms with Crippen molar-refractivity contribution >= 4 is 16.0 Å². The van der Waals surface area contributed by atoms with E-state index in [0.29, 0.717) is 26.1 Å². The first-order valence-corrected chi connectivity index (χ1v) is 6.89. The molecule has 0 aromatic heterocycles. The fourth-order valence-corrected chi connectivity index (χ4v) is 3.27. The Kier molecular flexibility index (Phi) is 4.87. The molecule has 0 radical (unpaired) electrons. The molecule has 8 heteroatoms. The summed E-state index contributed by atoms with van der Waals surface area (Å²) in [5.41, 5.74) is 0. The number of carboxylic acids is 1. The van der Waals surface area contributed by atoms with Crippen molar-refractivity contribution in [1.82, 2.24) is 4.72 Å². The van der Waals surface area contributed by atoms with Crippen LogP contribution in [0.5, 0.6) is 0 Å². The Balaban J connectivity index is 2.73. The Hall–Kier alpha value is -0.700. The fraction of sp³-hybridized carbons (Fsp3) is 0.889. The van der Waals surface area contributed by atoms with Gasteiger partial charge in [-0.1, -0.05) is 0 Å². The first kappa shape index (κ1) is 14.4. The van der Waals surface area contributed by atoms with Crippen LogP contribution >= 0.6 is 0 Å². The summed E-state index contributed by atoms with van der Waals surface area (Å²) in [7, 11) is -3.74. The lowest BCUT2D eigenvalue weighted by atomic mass is 10.2. The summed E-state index contributed by atoms with van der Waals surface area (Å²) in [6, 6.07) is -1.51. The van der Waals surface area contributed by atoms with E-state index in [1.165, 1.54) is 6.92 Å². The van der Waals surface area contributed by atoms with E-state index in [-0.39, 0.29) is 0 Å². The van der Waals surface area contributed by atoms with Crippen molar-refractivity contribution in [2.24, 2.45) is 0 Å². The Morgan fingerprint density at radius 2 is 1.94 bits per heavy atom. The summed E-state index contributed by atoms with van der Waals surface area (Å²) in [6.45, 7) is 1.92. The summed E-state index contributed by atoms with van der Waals surface area (Å²) in [4.78, 5) is 10.8. The van der Waals surface area contributed by atoms with Gasteiger partial charge in [-0.05, 0) is 19.8 Å². The number of hydrogen-bond donors (Lipinski definition) is 3. The summed E-state index contributed by atoms with van der Waals surface area (Å²) in [5.74, 6) is -1.39. The molecule has 0 aromatic carbocycles. The van der Waals surface area contributed by atoms with Gasteiger partial charge in [-0.15, -0.1) is 0 Å². The maximum atomic E-state index is 11.9. The number of hydrogen-bond acceptors (Lipinski definition) is 5. The fourth-order valence-electron chi connectivity index (χ4n) is 1.61. The minimum atomic E-state index is -3.74. The highest BCUT2D eigenvalue weighted by Gasteiger charge is 2.34. The smallest absolute Gasteiger partial charge is 0.324 e. The van der Waals surface area contributed by atoms with E-state index in [1.54, 1.807) is 0 Å². The first-order chi connectivity index (χ1) is 7.84. The molecule has 0 amide bonds. The molecule has 0 saturated carbocycles. The standard InChI is InChI=1S/C9H17NO6S/c1-6(11)8(9(12)13)10-17(14,15)7-2-4-16-5-3-7/h6-8,10-11H,2-5H2,1H3,(H,12,13)/t6-,8+/m1/s1. The molecule has 1 rings (SSSR count). The van der Waals surface area contributed by atoms with E-state index in [2.05, 4.69) is 0 Å². The van der Waals surface area contributed by atoms with Crippen molar-refractivity contribution in [2.75, 3.05) is 13.2 Å². The monoisotopic (exact) mass is 267 g/mol. The molecule has 1 heterocycles. The lowest BCUT2D eigenvalue weighted by Crippen LogP contribution is -2.51. The van der Waals surface area contributed by atoms with Crippen LogP contribution in [0.2, 0.25) is 0 Å². The largest absolute Gasteiger partial charge is 0.480 e. The first-order valence-electron chi connectivity index (χ1n) is 5.34. The third-order valence-electron chi connectivity index (χ3n) is 2.65. The van der Waals surface area contributed by atoms with Crippen molar-refractivity contribution in [1.29, 1.82) is 0 Å². The second-order valence-electron chi connectivity index (χ2n) is 4.03. The Labute approximate surface area is 99.8 Å². The second-order valence-corrected chi connectivity index (χ2v) is 6.02. The highest BCUT2D eigenvalue weighted by molar-refractivity contribution is 7.90. The van der Waals surface area contributed by atoms with E-state index in [4.69, 9.17) is 9.84 Å². The Bertz CT molecular complexity index is 360. The van der Waals surface area contributed by atoms with Gasteiger partial charge in [-0.2, -0.15) is 4.72 Å². The highest BCUT2D eigenvalue weighted by atomic mass is 32.2. The number of aliphatic carboxylic acids is 1. The number of sulfonamides is 1. The predicted octanol–water partition coefficient (Wildman–Crippen LogP) is -1.08. The van der Waals surface area contributed by atoms with E-state index in [0.717, 1.165) is 0 Å². The van der Waals surface area contributed by atoms with Gasteiger partial charge in [0.1, 0.15) is 6.04 Å². The van der Waals surface area contributed by atoms with E-state index < -0.39 is 33.4 Å². The molecule has 1 fully saturated rings. The molecule has 0 aromatic rings. The molecule has 1 saturated heterocycles. The van der Waals surface area contributed by atoms with Gasteiger partial charge in [0, 0.05) is 13.2 Å². The summed E-state index contributed by atoms with van der Waals surface area (Å²) in [5, 5.41) is 17.3. The highest BCUT2D eigenvalue weighted by Crippen LogP contribution is 2.15. The maximum Gasteiger partial charge on any atom is 0.324 e. The molecule has 0 spiro atoms. The summed E-state index contributed by atoms with van der Waals surface area (Å²) < 4.78 is 30.8. The zero-order chi connectivity index (χ0) is 13.1. The normalized spacial score (nSPS) is 22.0. The third kappa shape index (κ3) is 3.91. The number of rotatable bonds is 5. The van der Waals surface area contributed by atoms with E-state index >= 15 is 0 Å². The molecule has 2 atom stereocenters. The van der Waals surface area contributed by atoms with Crippen molar-refractivity contribution < 1.29 is 28.2 Å². The molecular formula is C9H17NO6S. The molecule has 1 aliphatic rings. The molecule has 17 heavy (non-hydrogen) atoms. The maximum absolute atomic E-state index is 11.9. The van der Waals surface area contributed by atoms with Gasteiger partial charge in [0.15, 0.2) is 0 Å². The average Bonchev–Trinajstić information content (AvgIpc) is 2.26. The van der Waals surface area contributed by atoms with Gasteiger partial charge in [0.2, 0.25) is 10.0 Å². The second kappa shape index (κ2) is 5.76. The van der Waals surface area contributed by atoms with Gasteiger partial charge < -0.3 is 14.9 Å². The van der Waals surface area contributed by atoms with Gasteiger partial charge in [0.05, 0.1) is 11.4 Å². The van der Waals surface area contributed by atoms with E-state index in [9.17, 15) is 18.3 Å². The number of ether oxygens (including phenoxy) is 1. The van der Waals surface area contributed by atoms with Gasteiger partial charge >= 0.3 is 5.97 Å². The van der Waals surface area contributed by atoms with Crippen LogP contribution in [0.15, 0.2) is 0 Å². The average molecular weight is 267 g/mol. The lowest BCUT2D eigenvalue weighted by molar-refractivity contribution is -0.141. The predicted molar refractivity (Wildman–Crippen MR) is 59.0 cm³/mol. The van der Waals surface area contributed by atoms with E-state index in [1.807, 2.05) is 4.72 Å². The number of aliphatic hydroxyl groups is 1. The van der Waals surface area contributed by atoms with Crippen molar-refractivity contribution in [3.8, 4) is 0 Å². The van der Waals surface area contributed by atoms with Gasteiger partial charge in [-0.25, -0.2) is 8.42 Å². The summed E-state index contributed by atoms with van der Waals surface area (Å²) in [6.07, 6.45) is -0.620. The van der Waals surface area contributed by atoms with Crippen LogP contribution in [0.25, 0.3) is 0 Å². The topological polar surface area (TPSA) is 113 Å². The molecule has 0 bridgehead atoms.